The zero-order valence-corrected chi connectivity index (χ0v) is 7.96. The Labute approximate surface area is 81.8 Å². The maximum absolute atomic E-state index is 11.1. The molecule has 0 unspecified atom stereocenters. The van der Waals surface area contributed by atoms with Crippen LogP contribution in [0.2, 0.25) is 0 Å². The van der Waals surface area contributed by atoms with Crippen LogP contribution in [0.4, 0.5) is 0 Å². The molecule has 1 atom stereocenters. The fourth-order valence-electron chi connectivity index (χ4n) is 1.37. The van der Waals surface area contributed by atoms with Crippen molar-refractivity contribution in [1.82, 2.24) is 0 Å². The van der Waals surface area contributed by atoms with Crippen LogP contribution in [0, 0.1) is 0 Å². The van der Waals surface area contributed by atoms with Crippen LogP contribution in [0.25, 0.3) is 0 Å². The van der Waals surface area contributed by atoms with E-state index >= 15 is 0 Å². The molecule has 0 radical (unpaired) electrons. The molecule has 0 saturated carbocycles. The molecule has 0 bridgehead atoms. The predicted molar refractivity (Wildman–Crippen MR) is 55.5 cm³/mol. The van der Waals surface area contributed by atoms with Crippen LogP contribution in [0.3, 0.4) is 0 Å². The van der Waals surface area contributed by atoms with Crippen molar-refractivity contribution in [3.8, 4) is 0 Å². The lowest BCUT2D eigenvalue weighted by Crippen LogP contribution is -2.04. The van der Waals surface area contributed by atoms with E-state index in [0.29, 0.717) is 11.7 Å². The van der Waals surface area contributed by atoms with Crippen molar-refractivity contribution < 1.29 is 4.79 Å². The van der Waals surface area contributed by atoms with E-state index < -0.39 is 0 Å². The zero-order chi connectivity index (χ0) is 9.10. The Morgan fingerprint density at radius 2 is 2.00 bits per heavy atom. The minimum atomic E-state index is 0.229. The molecular weight excluding hydrogens is 180 g/mol. The van der Waals surface area contributed by atoms with Gasteiger partial charge in [0.05, 0.1) is 0 Å². The molecule has 0 saturated heterocycles. The highest BCUT2D eigenvalue weighted by Gasteiger charge is 2.17. The van der Waals surface area contributed by atoms with Gasteiger partial charge in [0.15, 0.2) is 5.78 Å². The quantitative estimate of drug-likeness (QED) is 0.677. The Bertz CT molecular complexity index is 329. The summed E-state index contributed by atoms with van der Waals surface area (Å²) >= 11 is 1.72. The van der Waals surface area contributed by atoms with Crippen LogP contribution in [0.5, 0.6) is 0 Å². The highest BCUT2D eigenvalue weighted by molar-refractivity contribution is 8.02. The minimum absolute atomic E-state index is 0.229. The third kappa shape index (κ3) is 2.01. The molecule has 13 heavy (non-hydrogen) atoms. The van der Waals surface area contributed by atoms with Crippen LogP contribution < -0.4 is 0 Å². The topological polar surface area (TPSA) is 17.1 Å². The first kappa shape index (κ1) is 8.57. The third-order valence-electron chi connectivity index (χ3n) is 2.05. The lowest BCUT2D eigenvalue weighted by molar-refractivity contribution is -0.114. The summed E-state index contributed by atoms with van der Waals surface area (Å²) in [7, 11) is 0. The summed E-state index contributed by atoms with van der Waals surface area (Å²) < 4.78 is 0. The molecule has 1 aromatic rings. The van der Waals surface area contributed by atoms with Crippen LogP contribution in [0.1, 0.15) is 17.2 Å². The summed E-state index contributed by atoms with van der Waals surface area (Å²) in [5.41, 5.74) is 1.24. The van der Waals surface area contributed by atoms with Crippen molar-refractivity contribution >= 4 is 17.5 Å². The first-order valence-electron chi connectivity index (χ1n) is 4.26. The van der Waals surface area contributed by atoms with Crippen LogP contribution in [-0.2, 0) is 4.79 Å². The summed E-state index contributed by atoms with van der Waals surface area (Å²) in [6.45, 7) is 0. The number of thioether (sulfide) groups is 1. The summed E-state index contributed by atoms with van der Waals surface area (Å²) in [4.78, 5) is 11.1. The van der Waals surface area contributed by atoms with Crippen molar-refractivity contribution in [2.75, 3.05) is 0 Å². The molecule has 1 aliphatic heterocycles. The predicted octanol–water partition coefficient (Wildman–Crippen LogP) is 2.95. The highest BCUT2D eigenvalue weighted by atomic mass is 32.2. The largest absolute Gasteiger partial charge is 0.295 e. The van der Waals surface area contributed by atoms with Gasteiger partial charge in [-0.25, -0.2) is 0 Å². The summed E-state index contributed by atoms with van der Waals surface area (Å²) in [5, 5.41) is 2.21. The van der Waals surface area contributed by atoms with Gasteiger partial charge in [-0.2, -0.15) is 0 Å². The Balaban J connectivity index is 2.19. The fourth-order valence-corrected chi connectivity index (χ4v) is 2.37. The molecule has 0 fully saturated rings. The van der Waals surface area contributed by atoms with E-state index in [9.17, 15) is 4.79 Å². The number of allylic oxidation sites excluding steroid dienone is 1. The normalized spacial score (nSPS) is 21.8. The van der Waals surface area contributed by atoms with Gasteiger partial charge in [-0.05, 0) is 17.0 Å². The van der Waals surface area contributed by atoms with E-state index in [2.05, 4.69) is 12.1 Å². The maximum Gasteiger partial charge on any atom is 0.157 e. The number of hydrogen-bond donors (Lipinski definition) is 0. The van der Waals surface area contributed by atoms with E-state index in [1.165, 1.54) is 5.56 Å². The Hall–Kier alpha value is -1.02. The first-order chi connectivity index (χ1) is 6.36. The summed E-state index contributed by atoms with van der Waals surface area (Å²) in [5.74, 6) is 0.229. The number of benzene rings is 1. The summed E-state index contributed by atoms with van der Waals surface area (Å²) in [6.07, 6.45) is 2.29. The lowest BCUT2D eigenvalue weighted by Gasteiger charge is -2.16. The second-order valence-corrected chi connectivity index (χ2v) is 4.12. The molecule has 2 rings (SSSR count). The van der Waals surface area contributed by atoms with Gasteiger partial charge >= 0.3 is 0 Å². The van der Waals surface area contributed by atoms with Crippen molar-refractivity contribution in [1.29, 1.82) is 0 Å². The van der Waals surface area contributed by atoms with Gasteiger partial charge in [0, 0.05) is 11.7 Å². The molecule has 1 nitrogen and oxygen atoms in total. The molecule has 1 heterocycles. The minimum Gasteiger partial charge on any atom is -0.295 e. The third-order valence-corrected chi connectivity index (χ3v) is 3.12. The Morgan fingerprint density at radius 3 is 2.69 bits per heavy atom. The van der Waals surface area contributed by atoms with Gasteiger partial charge in [0.25, 0.3) is 0 Å². The lowest BCUT2D eigenvalue weighted by atomic mass is 10.1. The second kappa shape index (κ2) is 3.79. The smallest absolute Gasteiger partial charge is 0.157 e. The van der Waals surface area contributed by atoms with Crippen LogP contribution in [0.15, 0.2) is 41.8 Å². The zero-order valence-electron chi connectivity index (χ0n) is 7.14. The van der Waals surface area contributed by atoms with Crippen molar-refractivity contribution in [3.63, 3.8) is 0 Å². The Kier molecular flexibility index (Phi) is 2.50. The molecular formula is C11H10OS. The van der Waals surface area contributed by atoms with Gasteiger partial charge in [-0.15, -0.1) is 11.8 Å². The molecule has 66 valence electrons. The average Bonchev–Trinajstić information content (AvgIpc) is 2.19. The van der Waals surface area contributed by atoms with E-state index in [1.807, 2.05) is 23.6 Å². The van der Waals surface area contributed by atoms with Gasteiger partial charge in [0.1, 0.15) is 0 Å². The van der Waals surface area contributed by atoms with Gasteiger partial charge < -0.3 is 0 Å². The fraction of sp³-hybridized carbons (Fsp3) is 0.182. The number of ketones is 1. The van der Waals surface area contributed by atoms with Gasteiger partial charge in [0.2, 0.25) is 0 Å². The Morgan fingerprint density at radius 1 is 1.23 bits per heavy atom. The number of rotatable bonds is 1. The van der Waals surface area contributed by atoms with Crippen molar-refractivity contribution in [3.05, 3.63) is 47.4 Å². The molecule has 1 aliphatic rings. The van der Waals surface area contributed by atoms with E-state index in [4.69, 9.17) is 0 Å². The van der Waals surface area contributed by atoms with E-state index in [-0.39, 0.29) is 5.78 Å². The molecule has 1 aromatic carbocycles. The molecule has 0 spiro atoms. The number of carbonyl (C=O) groups excluding carboxylic acids is 1. The van der Waals surface area contributed by atoms with E-state index in [1.54, 1.807) is 17.8 Å². The monoisotopic (exact) mass is 190 g/mol. The van der Waals surface area contributed by atoms with Gasteiger partial charge in [-0.1, -0.05) is 30.3 Å². The average molecular weight is 190 g/mol. The highest BCUT2D eigenvalue weighted by Crippen LogP contribution is 2.35. The van der Waals surface area contributed by atoms with E-state index in [0.717, 1.165) is 0 Å². The SMILES string of the molecule is O=C1C=CS[C@@H](c2ccccc2)C1. The first-order valence-corrected chi connectivity index (χ1v) is 5.20. The van der Waals surface area contributed by atoms with Crippen molar-refractivity contribution in [2.45, 2.75) is 11.7 Å². The second-order valence-electron chi connectivity index (χ2n) is 3.01. The van der Waals surface area contributed by atoms with Crippen LogP contribution >= 0.6 is 11.8 Å². The number of carbonyl (C=O) groups is 1. The standard InChI is InChI=1S/C11H10OS/c12-10-6-7-13-11(8-10)9-4-2-1-3-5-9/h1-7,11H,8H2/t11-/m1/s1. The molecule has 0 aliphatic carbocycles. The molecule has 2 heteroatoms. The van der Waals surface area contributed by atoms with Crippen LogP contribution in [-0.4, -0.2) is 5.78 Å². The van der Waals surface area contributed by atoms with Crippen molar-refractivity contribution in [2.24, 2.45) is 0 Å². The number of hydrogen-bond acceptors (Lipinski definition) is 2. The summed E-state index contributed by atoms with van der Waals surface area (Å²) in [6, 6.07) is 10.2. The molecule has 0 amide bonds. The molecule has 0 aromatic heterocycles. The molecule has 0 N–H and O–H groups in total. The maximum atomic E-state index is 11.1. The van der Waals surface area contributed by atoms with Gasteiger partial charge in [-0.3, -0.25) is 4.79 Å².